The van der Waals surface area contributed by atoms with Crippen molar-refractivity contribution in [3.63, 3.8) is 0 Å². The molecule has 0 spiro atoms. The van der Waals surface area contributed by atoms with Crippen LogP contribution in [0.1, 0.15) is 5.56 Å². The maximum absolute atomic E-state index is 9.25. The third kappa shape index (κ3) is 2.63. The van der Waals surface area contributed by atoms with Crippen molar-refractivity contribution in [1.82, 2.24) is 0 Å². The van der Waals surface area contributed by atoms with Gasteiger partial charge >= 0.3 is 0 Å². The fourth-order valence-electron chi connectivity index (χ4n) is 1.85. The van der Waals surface area contributed by atoms with Crippen LogP contribution in [0.15, 0.2) is 35.4 Å². The molecule has 6 heteroatoms. The highest BCUT2D eigenvalue weighted by Gasteiger charge is 2.46. The second-order valence-corrected chi connectivity index (χ2v) is 4.24. The Morgan fingerprint density at radius 1 is 1.44 bits per heavy atom. The molecule has 0 bridgehead atoms. The van der Waals surface area contributed by atoms with Gasteiger partial charge in [0.05, 0.1) is 32.5 Å². The number of nitrogens with zero attached hydrogens (tertiary/aromatic N) is 3. The van der Waals surface area contributed by atoms with E-state index in [-0.39, 0.29) is 6.61 Å². The number of rotatable bonds is 6. The summed E-state index contributed by atoms with van der Waals surface area (Å²) >= 11 is 0. The van der Waals surface area contributed by atoms with Crippen molar-refractivity contribution >= 4 is 0 Å². The third-order valence-electron chi connectivity index (χ3n) is 3.03. The first-order chi connectivity index (χ1) is 8.80. The Labute approximate surface area is 105 Å². The van der Waals surface area contributed by atoms with Gasteiger partial charge in [0.2, 0.25) is 0 Å². The van der Waals surface area contributed by atoms with E-state index in [1.807, 2.05) is 30.3 Å². The highest BCUT2D eigenvalue weighted by atomic mass is 16.6. The Balaban J connectivity index is 2.02. The smallest absolute Gasteiger partial charge is 0.126 e. The van der Waals surface area contributed by atoms with Crippen LogP contribution in [0.3, 0.4) is 0 Å². The SMILES string of the molecule is [N-]=[N+]=NC(CO)C1(OCc2ccccc2)COC1. The first kappa shape index (κ1) is 12.9. The average molecular weight is 249 g/mol. The summed E-state index contributed by atoms with van der Waals surface area (Å²) in [6.45, 7) is 0.831. The minimum Gasteiger partial charge on any atom is -0.396 e. The molecule has 6 nitrogen and oxygen atoms in total. The van der Waals surface area contributed by atoms with E-state index in [4.69, 9.17) is 15.0 Å². The number of ether oxygens (including phenoxy) is 2. The molecule has 1 fully saturated rings. The van der Waals surface area contributed by atoms with Gasteiger partial charge in [0.1, 0.15) is 5.60 Å². The van der Waals surface area contributed by atoms with E-state index in [0.717, 1.165) is 5.56 Å². The van der Waals surface area contributed by atoms with Gasteiger partial charge in [0.15, 0.2) is 0 Å². The number of aliphatic hydroxyl groups is 1. The summed E-state index contributed by atoms with van der Waals surface area (Å²) in [7, 11) is 0. The van der Waals surface area contributed by atoms with Crippen LogP contribution >= 0.6 is 0 Å². The summed E-state index contributed by atoms with van der Waals surface area (Å²) in [5.74, 6) is 0. The molecule has 1 heterocycles. The minimum atomic E-state index is -0.698. The van der Waals surface area contributed by atoms with E-state index in [2.05, 4.69) is 10.0 Å². The fourth-order valence-corrected chi connectivity index (χ4v) is 1.85. The summed E-state index contributed by atoms with van der Waals surface area (Å²) in [5.41, 5.74) is 8.82. The summed E-state index contributed by atoms with van der Waals surface area (Å²) in [4.78, 5) is 2.74. The zero-order chi connectivity index (χ0) is 12.8. The first-order valence-electron chi connectivity index (χ1n) is 5.71. The molecule has 0 aliphatic carbocycles. The van der Waals surface area contributed by atoms with Gasteiger partial charge < -0.3 is 14.6 Å². The Morgan fingerprint density at radius 3 is 2.67 bits per heavy atom. The Hall–Kier alpha value is -1.59. The normalized spacial score (nSPS) is 18.5. The molecule has 1 unspecified atom stereocenters. The van der Waals surface area contributed by atoms with Crippen molar-refractivity contribution in [3.8, 4) is 0 Å². The van der Waals surface area contributed by atoms with Crippen molar-refractivity contribution < 1.29 is 14.6 Å². The van der Waals surface area contributed by atoms with Gasteiger partial charge in [-0.2, -0.15) is 0 Å². The molecule has 1 aliphatic heterocycles. The number of aliphatic hydroxyl groups excluding tert-OH is 1. The quantitative estimate of drug-likeness (QED) is 0.472. The Kier molecular flexibility index (Phi) is 4.17. The van der Waals surface area contributed by atoms with E-state index in [1.54, 1.807) is 0 Å². The van der Waals surface area contributed by atoms with Crippen molar-refractivity contribution in [2.24, 2.45) is 5.11 Å². The molecule has 0 aromatic heterocycles. The molecule has 0 saturated carbocycles. The molecule has 0 radical (unpaired) electrons. The highest BCUT2D eigenvalue weighted by Crippen LogP contribution is 2.29. The van der Waals surface area contributed by atoms with E-state index < -0.39 is 11.6 Å². The number of azide groups is 1. The van der Waals surface area contributed by atoms with E-state index >= 15 is 0 Å². The van der Waals surface area contributed by atoms with Crippen LogP contribution in [0.2, 0.25) is 0 Å². The molecule has 1 aliphatic rings. The lowest BCUT2D eigenvalue weighted by atomic mass is 9.93. The molecule has 1 saturated heterocycles. The Bertz CT molecular complexity index is 427. The molecule has 2 rings (SSSR count). The van der Waals surface area contributed by atoms with E-state index in [1.165, 1.54) is 0 Å². The lowest BCUT2D eigenvalue weighted by Crippen LogP contribution is -2.60. The van der Waals surface area contributed by atoms with Crippen LogP contribution in [0.25, 0.3) is 10.4 Å². The van der Waals surface area contributed by atoms with Gasteiger partial charge in [-0.05, 0) is 11.1 Å². The maximum atomic E-state index is 9.25. The highest BCUT2D eigenvalue weighted by molar-refractivity contribution is 5.14. The predicted molar refractivity (Wildman–Crippen MR) is 64.8 cm³/mol. The van der Waals surface area contributed by atoms with Crippen molar-refractivity contribution in [3.05, 3.63) is 46.3 Å². The summed E-state index contributed by atoms with van der Waals surface area (Å²) < 4.78 is 10.9. The molecule has 1 aromatic rings. The van der Waals surface area contributed by atoms with Crippen LogP contribution in [0.5, 0.6) is 0 Å². The van der Waals surface area contributed by atoms with E-state index in [0.29, 0.717) is 19.8 Å². The second kappa shape index (κ2) is 5.84. The molecule has 1 aromatic carbocycles. The zero-order valence-corrected chi connectivity index (χ0v) is 9.90. The largest absolute Gasteiger partial charge is 0.396 e. The standard InChI is InChI=1S/C12H15N3O3/c13-15-14-11(6-16)12(8-17-9-12)18-7-10-4-2-1-3-5-10/h1-5,11,16H,6-9H2. The molecule has 18 heavy (non-hydrogen) atoms. The van der Waals surface area contributed by atoms with Crippen molar-refractivity contribution in [2.75, 3.05) is 19.8 Å². The molecule has 1 atom stereocenters. The first-order valence-corrected chi connectivity index (χ1v) is 5.71. The zero-order valence-electron chi connectivity index (χ0n) is 9.90. The van der Waals surface area contributed by atoms with Gasteiger partial charge in [0.25, 0.3) is 0 Å². The minimum absolute atomic E-state index is 0.248. The number of hydrogen-bond donors (Lipinski definition) is 1. The summed E-state index contributed by atoms with van der Waals surface area (Å²) in [6.07, 6.45) is 0. The van der Waals surface area contributed by atoms with Crippen LogP contribution < -0.4 is 0 Å². The molecule has 1 N–H and O–H groups in total. The van der Waals surface area contributed by atoms with Gasteiger partial charge in [-0.3, -0.25) is 0 Å². The number of benzene rings is 1. The van der Waals surface area contributed by atoms with Gasteiger partial charge in [-0.25, -0.2) is 0 Å². The predicted octanol–water partition coefficient (Wildman–Crippen LogP) is 1.64. The molecular weight excluding hydrogens is 234 g/mol. The average Bonchev–Trinajstić information content (AvgIpc) is 2.37. The topological polar surface area (TPSA) is 87.5 Å². The molecular formula is C12H15N3O3. The van der Waals surface area contributed by atoms with Crippen molar-refractivity contribution in [2.45, 2.75) is 18.2 Å². The van der Waals surface area contributed by atoms with Crippen LogP contribution in [-0.4, -0.2) is 36.6 Å². The second-order valence-electron chi connectivity index (χ2n) is 4.24. The van der Waals surface area contributed by atoms with Crippen LogP contribution in [0.4, 0.5) is 0 Å². The Morgan fingerprint density at radius 2 is 2.17 bits per heavy atom. The third-order valence-corrected chi connectivity index (χ3v) is 3.03. The lowest BCUT2D eigenvalue weighted by Gasteiger charge is -2.44. The maximum Gasteiger partial charge on any atom is 0.126 e. The lowest BCUT2D eigenvalue weighted by molar-refractivity contribution is -0.229. The number of hydrogen-bond acceptors (Lipinski definition) is 4. The van der Waals surface area contributed by atoms with E-state index in [9.17, 15) is 5.11 Å². The van der Waals surface area contributed by atoms with Gasteiger partial charge in [0, 0.05) is 4.91 Å². The van der Waals surface area contributed by atoms with Crippen LogP contribution in [-0.2, 0) is 16.1 Å². The monoisotopic (exact) mass is 249 g/mol. The van der Waals surface area contributed by atoms with Gasteiger partial charge in [-0.15, -0.1) is 0 Å². The molecule has 0 amide bonds. The van der Waals surface area contributed by atoms with Crippen LogP contribution in [0, 0.1) is 0 Å². The summed E-state index contributed by atoms with van der Waals surface area (Å²) in [5, 5.41) is 12.8. The van der Waals surface area contributed by atoms with Crippen molar-refractivity contribution in [1.29, 1.82) is 0 Å². The summed E-state index contributed by atoms with van der Waals surface area (Å²) in [6, 6.07) is 9.09. The van der Waals surface area contributed by atoms with Gasteiger partial charge in [-0.1, -0.05) is 35.4 Å². The molecule has 96 valence electrons. The fraction of sp³-hybridized carbons (Fsp3) is 0.500.